The van der Waals surface area contributed by atoms with Crippen molar-refractivity contribution < 1.29 is 31.1 Å². The molecule has 0 bridgehead atoms. The number of nitrogens with one attached hydrogen (secondary N) is 3. The van der Waals surface area contributed by atoms with Crippen molar-refractivity contribution >= 4 is 56.3 Å². The number of anilines is 1. The molecule has 0 amide bonds. The van der Waals surface area contributed by atoms with E-state index in [4.69, 9.17) is 27.2 Å². The number of thioether (sulfide) groups is 1. The second-order valence-electron chi connectivity index (χ2n) is 6.20. The van der Waals surface area contributed by atoms with Gasteiger partial charge in [0.2, 0.25) is 0 Å². The van der Waals surface area contributed by atoms with Crippen LogP contribution in [-0.2, 0) is 20.9 Å². The lowest BCUT2D eigenvalue weighted by atomic mass is 10.2. The van der Waals surface area contributed by atoms with Crippen molar-refractivity contribution in [2.75, 3.05) is 11.3 Å². The molecule has 0 fully saturated rings. The number of hydrogen-bond donors (Lipinski definition) is 3. The molecule has 0 aliphatic heterocycles. The van der Waals surface area contributed by atoms with Gasteiger partial charge in [0.05, 0.1) is 32.7 Å². The minimum Gasteiger partial charge on any atom is -0.462 e. The molecule has 2 aromatic carbocycles. The summed E-state index contributed by atoms with van der Waals surface area (Å²) >= 11 is 6.53. The third kappa shape index (κ3) is 7.34. The van der Waals surface area contributed by atoms with Gasteiger partial charge in [-0.15, -0.1) is 0 Å². The molecule has 2 aromatic rings. The first-order valence-electron chi connectivity index (χ1n) is 9.02. The number of carbonyl (C=O) groups excluding carboxylic acids is 1. The van der Waals surface area contributed by atoms with Crippen molar-refractivity contribution in [1.82, 2.24) is 0 Å². The summed E-state index contributed by atoms with van der Waals surface area (Å²) in [6, 6.07) is 6.83. The van der Waals surface area contributed by atoms with Gasteiger partial charge in [-0.1, -0.05) is 23.4 Å². The monoisotopic (exact) mass is 519 g/mol. The van der Waals surface area contributed by atoms with Crippen molar-refractivity contribution in [3.63, 3.8) is 0 Å². The summed E-state index contributed by atoms with van der Waals surface area (Å²) in [5.41, 5.74) is -1.08. The van der Waals surface area contributed by atoms with Crippen LogP contribution < -0.4 is 4.72 Å². The number of ether oxygens (including phenoxy) is 1. The Kier molecular flexibility index (Phi) is 8.69. The van der Waals surface area contributed by atoms with Gasteiger partial charge < -0.3 is 10.1 Å². The predicted octanol–water partition coefficient (Wildman–Crippen LogP) is 5.52. The van der Waals surface area contributed by atoms with Crippen LogP contribution in [0.15, 0.2) is 63.4 Å². The molecule has 0 aliphatic rings. The Labute approximate surface area is 197 Å². The highest BCUT2D eigenvalue weighted by molar-refractivity contribution is 8.14. The fraction of sp³-hybridized carbons (Fsp3) is 0.150. The molecule has 3 N–H and O–H groups in total. The fourth-order valence-electron chi connectivity index (χ4n) is 2.40. The maximum absolute atomic E-state index is 12.7. The molecule has 13 heteroatoms. The number of sulfonamides is 1. The summed E-state index contributed by atoms with van der Waals surface area (Å²) in [5, 5.41) is 14.9. The lowest BCUT2D eigenvalue weighted by molar-refractivity contribution is -0.137. The Balaban J connectivity index is 2.36. The van der Waals surface area contributed by atoms with E-state index in [0.717, 1.165) is 30.1 Å². The summed E-state index contributed by atoms with van der Waals surface area (Å²) < 4.78 is 70.5. The lowest BCUT2D eigenvalue weighted by Gasteiger charge is -2.13. The Hall–Kier alpha value is -2.83. The van der Waals surface area contributed by atoms with Gasteiger partial charge in [-0.3, -0.25) is 10.1 Å². The molecule has 0 spiro atoms. The summed E-state index contributed by atoms with van der Waals surface area (Å²) in [6.45, 7) is 1.62. The number of halogens is 4. The van der Waals surface area contributed by atoms with E-state index in [1.54, 1.807) is 6.92 Å². The largest absolute Gasteiger partial charge is 0.462 e. The first-order valence-corrected chi connectivity index (χ1v) is 11.7. The van der Waals surface area contributed by atoms with Gasteiger partial charge in [-0.05, 0) is 55.5 Å². The highest BCUT2D eigenvalue weighted by Gasteiger charge is 2.30. The molecule has 0 saturated heterocycles. The van der Waals surface area contributed by atoms with Crippen LogP contribution in [0.2, 0.25) is 0 Å². The molecule has 0 aliphatic carbocycles. The van der Waals surface area contributed by atoms with Gasteiger partial charge >= 0.3 is 12.1 Å². The Bertz CT molecular complexity index is 1200. The van der Waals surface area contributed by atoms with Crippen molar-refractivity contribution in [1.29, 1.82) is 10.8 Å². The zero-order chi connectivity index (χ0) is 24.8. The van der Waals surface area contributed by atoms with Gasteiger partial charge in [0.1, 0.15) is 0 Å². The zero-order valence-corrected chi connectivity index (χ0v) is 19.3. The van der Waals surface area contributed by atoms with Crippen LogP contribution in [0.1, 0.15) is 22.8 Å². The normalized spacial score (nSPS) is 12.2. The smallest absolute Gasteiger partial charge is 0.416 e. The van der Waals surface area contributed by atoms with E-state index >= 15 is 0 Å². The van der Waals surface area contributed by atoms with Crippen molar-refractivity contribution in [2.24, 2.45) is 0 Å². The average Bonchev–Trinajstić information content (AvgIpc) is 2.74. The van der Waals surface area contributed by atoms with E-state index < -0.39 is 32.6 Å². The number of allylic oxidation sites excluding steroid dienone is 1. The SMILES string of the molecule is CCOC(=O)c1cc(NS(=O)(=O)c2ccc(C(F)(F)F)cc2)ccc1SC(=N)/C=C(/Cl)C=N. The molecule has 33 heavy (non-hydrogen) atoms. The minimum atomic E-state index is -4.61. The van der Waals surface area contributed by atoms with Crippen LogP contribution in [0.25, 0.3) is 0 Å². The molecule has 176 valence electrons. The van der Waals surface area contributed by atoms with Crippen LogP contribution in [-0.4, -0.2) is 32.3 Å². The van der Waals surface area contributed by atoms with Crippen molar-refractivity contribution in [3.05, 3.63) is 64.7 Å². The summed E-state index contributed by atoms with van der Waals surface area (Å²) in [5.74, 6) is -0.773. The van der Waals surface area contributed by atoms with Crippen LogP contribution in [0, 0.1) is 10.8 Å². The fourth-order valence-corrected chi connectivity index (χ4v) is 4.44. The first-order chi connectivity index (χ1) is 15.4. The van der Waals surface area contributed by atoms with E-state index in [1.807, 2.05) is 0 Å². The molecule has 0 radical (unpaired) electrons. The van der Waals surface area contributed by atoms with Crippen molar-refractivity contribution in [2.45, 2.75) is 22.9 Å². The summed E-state index contributed by atoms with van der Waals surface area (Å²) in [6.07, 6.45) is -2.58. The van der Waals surface area contributed by atoms with Crippen LogP contribution in [0.5, 0.6) is 0 Å². The van der Waals surface area contributed by atoms with Gasteiger partial charge in [0, 0.05) is 16.8 Å². The van der Waals surface area contributed by atoms with E-state index in [9.17, 15) is 26.4 Å². The average molecular weight is 520 g/mol. The van der Waals surface area contributed by atoms with Gasteiger partial charge in [0.15, 0.2) is 0 Å². The molecule has 0 saturated carbocycles. The molecule has 0 atom stereocenters. The van der Waals surface area contributed by atoms with Gasteiger partial charge in [-0.2, -0.15) is 13.2 Å². The van der Waals surface area contributed by atoms with E-state index in [2.05, 4.69) is 4.72 Å². The first kappa shape index (κ1) is 26.4. The maximum atomic E-state index is 12.7. The predicted molar refractivity (Wildman–Crippen MR) is 121 cm³/mol. The second kappa shape index (κ2) is 10.9. The van der Waals surface area contributed by atoms with E-state index in [1.165, 1.54) is 24.3 Å². The van der Waals surface area contributed by atoms with Crippen molar-refractivity contribution in [3.8, 4) is 0 Å². The molecule has 0 aromatic heterocycles. The topological polar surface area (TPSA) is 120 Å². The Morgan fingerprint density at radius 3 is 2.39 bits per heavy atom. The number of benzene rings is 2. The molecular formula is C20H17ClF3N3O4S2. The summed E-state index contributed by atoms with van der Waals surface area (Å²) in [7, 11) is -4.26. The minimum absolute atomic E-state index is 0.00823. The molecule has 2 rings (SSSR count). The maximum Gasteiger partial charge on any atom is 0.416 e. The van der Waals surface area contributed by atoms with Gasteiger partial charge in [-0.25, -0.2) is 13.2 Å². The molecular weight excluding hydrogens is 503 g/mol. The van der Waals surface area contributed by atoms with E-state index in [-0.39, 0.29) is 32.8 Å². The second-order valence-corrected chi connectivity index (χ2v) is 9.40. The Morgan fingerprint density at radius 1 is 1.21 bits per heavy atom. The third-order valence-electron chi connectivity index (χ3n) is 3.85. The van der Waals surface area contributed by atoms with Crippen LogP contribution in [0.4, 0.5) is 18.9 Å². The number of alkyl halides is 3. The molecule has 0 heterocycles. The summed E-state index contributed by atoms with van der Waals surface area (Å²) in [4.78, 5) is 12.2. The van der Waals surface area contributed by atoms with Crippen LogP contribution >= 0.6 is 23.4 Å². The number of rotatable bonds is 8. The Morgan fingerprint density at radius 2 is 1.85 bits per heavy atom. The number of esters is 1. The lowest BCUT2D eigenvalue weighted by Crippen LogP contribution is -2.15. The quantitative estimate of drug-likeness (QED) is 0.183. The highest BCUT2D eigenvalue weighted by Crippen LogP contribution is 2.31. The zero-order valence-electron chi connectivity index (χ0n) is 16.9. The molecule has 7 nitrogen and oxygen atoms in total. The number of carbonyl (C=O) groups is 1. The highest BCUT2D eigenvalue weighted by atomic mass is 35.5. The molecule has 0 unspecified atom stereocenters. The third-order valence-corrected chi connectivity index (χ3v) is 6.37. The van der Waals surface area contributed by atoms with Crippen LogP contribution in [0.3, 0.4) is 0 Å². The number of hydrogen-bond acceptors (Lipinski definition) is 7. The van der Waals surface area contributed by atoms with E-state index in [0.29, 0.717) is 12.1 Å². The van der Waals surface area contributed by atoms with Gasteiger partial charge in [0.25, 0.3) is 10.0 Å². The standard InChI is InChI=1S/C20H17ClF3N3O4S2/c1-2-31-19(28)16-10-14(5-8-17(16)32-18(26)9-13(21)11-25)27-33(29,30)15-6-3-12(4-7-15)20(22,23)24/h3-11,25-27H,2H2,1H3/b13-9+,25-11?,26-18?.